The molecule has 0 atom stereocenters. The minimum Gasteiger partial charge on any atom is -0.504 e. The minimum absolute atomic E-state index is 0.0319. The van der Waals surface area contributed by atoms with Crippen molar-refractivity contribution in [3.8, 4) is 11.5 Å². The van der Waals surface area contributed by atoms with Gasteiger partial charge in [-0.15, -0.1) is 0 Å². The van der Waals surface area contributed by atoms with Gasteiger partial charge in [0.05, 0.1) is 19.1 Å². The van der Waals surface area contributed by atoms with Gasteiger partial charge in [-0.2, -0.15) is 4.98 Å². The predicted molar refractivity (Wildman–Crippen MR) is 94.3 cm³/mol. The second-order valence-electron chi connectivity index (χ2n) is 6.06. The zero-order valence-corrected chi connectivity index (χ0v) is 14.8. The first-order valence-corrected chi connectivity index (χ1v) is 8.02. The Hall–Kier alpha value is -3.56. The number of fused-ring (bicyclic) bond motifs is 2. The zero-order valence-electron chi connectivity index (χ0n) is 14.8. The molecule has 140 valence electrons. The second-order valence-corrected chi connectivity index (χ2v) is 6.06. The number of anilines is 1. The Kier molecular flexibility index (Phi) is 3.76. The number of oxazole rings is 1. The number of imidazole rings is 1. The summed E-state index contributed by atoms with van der Waals surface area (Å²) in [5.41, 5.74) is 2.23. The summed E-state index contributed by atoms with van der Waals surface area (Å²) in [4.78, 5) is 20.7. The average Bonchev–Trinajstić information content (AvgIpc) is 3.26. The zero-order chi connectivity index (χ0) is 19.3. The molecule has 0 saturated carbocycles. The maximum atomic E-state index is 13.7. The number of amides is 1. The molecule has 10 heteroatoms. The van der Waals surface area contributed by atoms with Gasteiger partial charge in [0, 0.05) is 19.2 Å². The van der Waals surface area contributed by atoms with E-state index in [1.165, 1.54) is 24.1 Å². The Morgan fingerprint density at radius 2 is 2.22 bits per heavy atom. The van der Waals surface area contributed by atoms with Crippen LogP contribution in [0.25, 0.3) is 22.3 Å². The number of aromatic nitrogens is 4. The first-order chi connectivity index (χ1) is 12.9. The van der Waals surface area contributed by atoms with Crippen LogP contribution in [-0.2, 0) is 18.4 Å². The van der Waals surface area contributed by atoms with Crippen molar-refractivity contribution >= 4 is 34.2 Å². The number of benzene rings is 1. The molecule has 9 nitrogen and oxygen atoms in total. The van der Waals surface area contributed by atoms with Crippen molar-refractivity contribution in [2.24, 2.45) is 7.05 Å². The van der Waals surface area contributed by atoms with Crippen LogP contribution in [0.2, 0.25) is 0 Å². The molecular weight excluding hydrogens is 357 g/mol. The van der Waals surface area contributed by atoms with E-state index in [1.807, 2.05) is 0 Å². The summed E-state index contributed by atoms with van der Waals surface area (Å²) in [7, 11) is 3.13. The van der Waals surface area contributed by atoms with Gasteiger partial charge in [0.1, 0.15) is 17.6 Å². The van der Waals surface area contributed by atoms with Crippen LogP contribution < -0.4 is 10.1 Å². The summed E-state index contributed by atoms with van der Waals surface area (Å²) < 4.78 is 27.2. The Bertz CT molecular complexity index is 1190. The lowest BCUT2D eigenvalue weighted by Gasteiger charge is -2.03. The SMILES string of the molecule is COc1cc2nc(NC(=O)Cn3cnc4c3c(O)c(C)n4C)oc2cc1F. The third-order valence-corrected chi connectivity index (χ3v) is 4.43. The Labute approximate surface area is 152 Å². The molecule has 4 aromatic rings. The van der Waals surface area contributed by atoms with Gasteiger partial charge in [-0.3, -0.25) is 10.1 Å². The third kappa shape index (κ3) is 2.65. The van der Waals surface area contributed by atoms with Gasteiger partial charge in [-0.1, -0.05) is 0 Å². The molecule has 0 bridgehead atoms. The van der Waals surface area contributed by atoms with E-state index in [0.717, 1.165) is 6.07 Å². The summed E-state index contributed by atoms with van der Waals surface area (Å²) in [6.45, 7) is 1.65. The summed E-state index contributed by atoms with van der Waals surface area (Å²) in [6, 6.07) is 2.46. The maximum absolute atomic E-state index is 13.7. The van der Waals surface area contributed by atoms with Crippen LogP contribution in [0.4, 0.5) is 10.4 Å². The number of halogens is 1. The molecule has 3 aromatic heterocycles. The normalized spacial score (nSPS) is 11.4. The standard InChI is InChI=1S/C17H16FN5O4/c1-8-15(25)14-16(22(8)2)19-7-23(14)6-13(24)21-17-20-10-5-11(26-3)9(18)4-12(10)27-17/h4-5,7,25H,6H2,1-3H3,(H,20,21,24). The largest absolute Gasteiger partial charge is 0.504 e. The molecule has 0 aliphatic rings. The molecule has 27 heavy (non-hydrogen) atoms. The molecule has 0 aliphatic heterocycles. The van der Waals surface area contributed by atoms with Crippen LogP contribution >= 0.6 is 0 Å². The Balaban J connectivity index is 1.58. The number of carbonyl (C=O) groups excluding carboxylic acids is 1. The highest BCUT2D eigenvalue weighted by molar-refractivity contribution is 5.91. The molecule has 0 saturated heterocycles. The van der Waals surface area contributed by atoms with Crippen LogP contribution in [0.5, 0.6) is 11.5 Å². The lowest BCUT2D eigenvalue weighted by molar-refractivity contribution is -0.116. The van der Waals surface area contributed by atoms with Gasteiger partial charge in [0.25, 0.3) is 0 Å². The van der Waals surface area contributed by atoms with Crippen LogP contribution in [0.3, 0.4) is 0 Å². The Morgan fingerprint density at radius 1 is 1.44 bits per heavy atom. The fourth-order valence-corrected chi connectivity index (χ4v) is 2.92. The monoisotopic (exact) mass is 373 g/mol. The summed E-state index contributed by atoms with van der Waals surface area (Å²) in [6.07, 6.45) is 1.47. The van der Waals surface area contributed by atoms with Crippen LogP contribution in [0, 0.1) is 12.7 Å². The molecule has 0 spiro atoms. The fraction of sp³-hybridized carbons (Fsp3) is 0.235. The molecule has 1 aromatic carbocycles. The van der Waals surface area contributed by atoms with Crippen LogP contribution in [-0.4, -0.2) is 37.2 Å². The molecule has 0 radical (unpaired) electrons. The first kappa shape index (κ1) is 16.9. The van der Waals surface area contributed by atoms with Gasteiger partial charge < -0.3 is 23.4 Å². The maximum Gasteiger partial charge on any atom is 0.302 e. The number of aryl methyl sites for hydroxylation is 1. The van der Waals surface area contributed by atoms with Crippen molar-refractivity contribution < 1.29 is 23.4 Å². The number of aromatic hydroxyl groups is 1. The number of hydrogen-bond donors (Lipinski definition) is 2. The van der Waals surface area contributed by atoms with Crippen molar-refractivity contribution in [2.75, 3.05) is 12.4 Å². The third-order valence-electron chi connectivity index (χ3n) is 4.43. The lowest BCUT2D eigenvalue weighted by atomic mass is 10.3. The highest BCUT2D eigenvalue weighted by Gasteiger charge is 2.19. The number of hydrogen-bond acceptors (Lipinski definition) is 6. The van der Waals surface area contributed by atoms with Crippen LogP contribution in [0.15, 0.2) is 22.9 Å². The molecular formula is C17H16FN5O4. The van der Waals surface area contributed by atoms with Crippen molar-refractivity contribution in [2.45, 2.75) is 13.5 Å². The van der Waals surface area contributed by atoms with Crippen molar-refractivity contribution in [3.63, 3.8) is 0 Å². The van der Waals surface area contributed by atoms with Gasteiger partial charge >= 0.3 is 6.01 Å². The number of carbonyl (C=O) groups is 1. The molecule has 0 fully saturated rings. The summed E-state index contributed by atoms with van der Waals surface area (Å²) >= 11 is 0. The number of methoxy groups -OCH3 is 1. The van der Waals surface area contributed by atoms with E-state index >= 15 is 0 Å². The van der Waals surface area contributed by atoms with E-state index < -0.39 is 11.7 Å². The Morgan fingerprint density at radius 3 is 2.96 bits per heavy atom. The molecule has 4 rings (SSSR count). The van der Waals surface area contributed by atoms with E-state index in [1.54, 1.807) is 18.5 Å². The van der Waals surface area contributed by atoms with Gasteiger partial charge in [-0.05, 0) is 6.92 Å². The number of rotatable bonds is 4. The molecule has 3 heterocycles. The number of nitrogens with one attached hydrogen (secondary N) is 1. The predicted octanol–water partition coefficient (Wildman–Crippen LogP) is 2.32. The molecule has 0 aliphatic carbocycles. The van der Waals surface area contributed by atoms with E-state index in [2.05, 4.69) is 15.3 Å². The quantitative estimate of drug-likeness (QED) is 0.568. The van der Waals surface area contributed by atoms with E-state index in [0.29, 0.717) is 22.4 Å². The average molecular weight is 373 g/mol. The number of nitrogens with zero attached hydrogens (tertiary/aromatic N) is 4. The van der Waals surface area contributed by atoms with Crippen molar-refractivity contribution in [1.82, 2.24) is 19.1 Å². The minimum atomic E-state index is -0.588. The topological polar surface area (TPSA) is 107 Å². The highest BCUT2D eigenvalue weighted by Crippen LogP contribution is 2.30. The highest BCUT2D eigenvalue weighted by atomic mass is 19.1. The van der Waals surface area contributed by atoms with Crippen molar-refractivity contribution in [3.05, 3.63) is 30.0 Å². The van der Waals surface area contributed by atoms with E-state index in [-0.39, 0.29) is 29.6 Å². The smallest absolute Gasteiger partial charge is 0.302 e. The molecule has 0 unspecified atom stereocenters. The fourth-order valence-electron chi connectivity index (χ4n) is 2.92. The van der Waals surface area contributed by atoms with E-state index in [9.17, 15) is 14.3 Å². The number of ether oxygens (including phenoxy) is 1. The van der Waals surface area contributed by atoms with E-state index in [4.69, 9.17) is 9.15 Å². The first-order valence-electron chi connectivity index (χ1n) is 8.02. The summed E-state index contributed by atoms with van der Waals surface area (Å²) in [5.74, 6) is -0.921. The lowest BCUT2D eigenvalue weighted by Crippen LogP contribution is -2.18. The second kappa shape index (κ2) is 6.01. The van der Waals surface area contributed by atoms with Crippen molar-refractivity contribution in [1.29, 1.82) is 0 Å². The molecule has 2 N–H and O–H groups in total. The van der Waals surface area contributed by atoms with Gasteiger partial charge in [-0.25, -0.2) is 9.37 Å². The molecule has 1 amide bonds. The summed E-state index contributed by atoms with van der Waals surface area (Å²) in [5, 5.41) is 12.7. The van der Waals surface area contributed by atoms with Crippen LogP contribution in [0.1, 0.15) is 5.69 Å². The van der Waals surface area contributed by atoms with Gasteiger partial charge in [0.15, 0.2) is 28.5 Å². The van der Waals surface area contributed by atoms with Gasteiger partial charge in [0.2, 0.25) is 5.91 Å².